The number of hydrogen-bond acceptors (Lipinski definition) is 4. The monoisotopic (exact) mass is 295 g/mol. The van der Waals surface area contributed by atoms with Crippen LogP contribution in [0.4, 0.5) is 4.79 Å². The van der Waals surface area contributed by atoms with Crippen LogP contribution in [-0.2, 0) is 4.79 Å². The zero-order chi connectivity index (χ0) is 15.7. The lowest BCUT2D eigenvalue weighted by Crippen LogP contribution is -2.40. The Hall–Kier alpha value is -2.05. The van der Waals surface area contributed by atoms with Crippen molar-refractivity contribution >= 4 is 12.0 Å². The van der Waals surface area contributed by atoms with E-state index in [1.807, 2.05) is 20.8 Å². The zero-order valence-electron chi connectivity index (χ0n) is 12.7. The van der Waals surface area contributed by atoms with Gasteiger partial charge in [-0.25, -0.2) is 4.79 Å². The summed E-state index contributed by atoms with van der Waals surface area (Å²) in [5.74, 6) is -0.706. The minimum atomic E-state index is -0.850. The molecule has 21 heavy (non-hydrogen) atoms. The number of nitrogens with one attached hydrogen (secondary N) is 1. The molecule has 0 bridgehead atoms. The molecule has 1 saturated heterocycles. The number of aryl methyl sites for hydroxylation is 2. The Labute approximate surface area is 123 Å². The number of carboxylic acids is 1. The van der Waals surface area contributed by atoms with Gasteiger partial charge in [0.2, 0.25) is 0 Å². The maximum absolute atomic E-state index is 12.3. The maximum atomic E-state index is 12.3. The molecule has 0 aromatic carbocycles. The average Bonchev–Trinajstić information content (AvgIpc) is 2.93. The van der Waals surface area contributed by atoms with Crippen LogP contribution in [0.5, 0.6) is 0 Å². The molecule has 2 rings (SSSR count). The van der Waals surface area contributed by atoms with Crippen LogP contribution in [0.1, 0.15) is 36.9 Å². The molecule has 0 spiro atoms. The van der Waals surface area contributed by atoms with E-state index >= 15 is 0 Å². The molecule has 1 fully saturated rings. The Morgan fingerprint density at radius 2 is 2.10 bits per heavy atom. The second kappa shape index (κ2) is 5.75. The van der Waals surface area contributed by atoms with Gasteiger partial charge >= 0.3 is 12.0 Å². The van der Waals surface area contributed by atoms with Crippen molar-refractivity contribution in [3.8, 4) is 0 Å². The molecule has 1 aliphatic heterocycles. The molecule has 1 aliphatic rings. The number of aromatic nitrogens is 1. The summed E-state index contributed by atoms with van der Waals surface area (Å²) in [6, 6.07) is -0.485. The smallest absolute Gasteiger partial charge is 0.317 e. The third-order valence-corrected chi connectivity index (χ3v) is 4.08. The summed E-state index contributed by atoms with van der Waals surface area (Å²) >= 11 is 0. The molecule has 2 heterocycles. The summed E-state index contributed by atoms with van der Waals surface area (Å²) in [5, 5.41) is 15.9. The molecule has 2 amide bonds. The highest BCUT2D eigenvalue weighted by molar-refractivity contribution is 5.78. The van der Waals surface area contributed by atoms with Crippen LogP contribution < -0.4 is 5.32 Å². The molecule has 1 aromatic rings. The van der Waals surface area contributed by atoms with Crippen molar-refractivity contribution in [1.82, 2.24) is 15.4 Å². The normalized spacial score (nSPS) is 23.1. The van der Waals surface area contributed by atoms with Crippen molar-refractivity contribution < 1.29 is 19.2 Å². The van der Waals surface area contributed by atoms with Crippen LogP contribution in [-0.4, -0.2) is 40.3 Å². The standard InChI is InChI=1S/C14H21N3O4/c1-7-5-17(6-11(7)13(18)19)14(20)15-8(2)12-9(3)16-21-10(12)4/h7-8,11H,5-6H2,1-4H3,(H,15,20)(H,18,19)/t7-,8?,11-/m1/s1. The van der Waals surface area contributed by atoms with Crippen LogP contribution in [0.2, 0.25) is 0 Å². The van der Waals surface area contributed by atoms with Crippen LogP contribution in [0.15, 0.2) is 4.52 Å². The molecule has 0 saturated carbocycles. The number of likely N-dealkylation sites (tertiary alicyclic amines) is 1. The second-order valence-corrected chi connectivity index (χ2v) is 5.74. The van der Waals surface area contributed by atoms with E-state index in [4.69, 9.17) is 9.63 Å². The second-order valence-electron chi connectivity index (χ2n) is 5.74. The van der Waals surface area contributed by atoms with Crippen molar-refractivity contribution in [3.05, 3.63) is 17.0 Å². The molecular weight excluding hydrogens is 274 g/mol. The molecule has 1 unspecified atom stereocenters. The lowest BCUT2D eigenvalue weighted by molar-refractivity contribution is -0.142. The van der Waals surface area contributed by atoms with Crippen molar-refractivity contribution in [3.63, 3.8) is 0 Å². The number of rotatable bonds is 3. The van der Waals surface area contributed by atoms with Gasteiger partial charge in [-0.3, -0.25) is 4.79 Å². The Morgan fingerprint density at radius 3 is 2.57 bits per heavy atom. The minimum Gasteiger partial charge on any atom is -0.481 e. The summed E-state index contributed by atoms with van der Waals surface area (Å²) in [6.07, 6.45) is 0. The van der Waals surface area contributed by atoms with Crippen molar-refractivity contribution in [2.24, 2.45) is 11.8 Å². The highest BCUT2D eigenvalue weighted by Gasteiger charge is 2.37. The van der Waals surface area contributed by atoms with E-state index in [2.05, 4.69) is 10.5 Å². The molecule has 7 heteroatoms. The molecule has 1 aromatic heterocycles. The number of urea groups is 1. The van der Waals surface area contributed by atoms with Gasteiger partial charge in [0.15, 0.2) is 0 Å². The van der Waals surface area contributed by atoms with E-state index in [0.29, 0.717) is 12.3 Å². The summed E-state index contributed by atoms with van der Waals surface area (Å²) < 4.78 is 5.10. The van der Waals surface area contributed by atoms with Gasteiger partial charge in [0, 0.05) is 18.7 Å². The van der Waals surface area contributed by atoms with Crippen LogP contribution in [0, 0.1) is 25.7 Å². The van der Waals surface area contributed by atoms with Gasteiger partial charge in [0.25, 0.3) is 0 Å². The number of carbonyl (C=O) groups excluding carboxylic acids is 1. The Morgan fingerprint density at radius 1 is 1.43 bits per heavy atom. The highest BCUT2D eigenvalue weighted by Crippen LogP contribution is 2.25. The number of nitrogens with zero attached hydrogens (tertiary/aromatic N) is 2. The lowest BCUT2D eigenvalue weighted by Gasteiger charge is -2.20. The van der Waals surface area contributed by atoms with Crippen LogP contribution in [0.25, 0.3) is 0 Å². The van der Waals surface area contributed by atoms with Gasteiger partial charge in [-0.2, -0.15) is 0 Å². The van der Waals surface area contributed by atoms with Gasteiger partial charge in [0.1, 0.15) is 5.76 Å². The van der Waals surface area contributed by atoms with E-state index < -0.39 is 11.9 Å². The quantitative estimate of drug-likeness (QED) is 0.885. The molecule has 7 nitrogen and oxygen atoms in total. The first kappa shape index (κ1) is 15.3. The molecule has 116 valence electrons. The third-order valence-electron chi connectivity index (χ3n) is 4.08. The Bertz CT molecular complexity index is 535. The fourth-order valence-corrected chi connectivity index (χ4v) is 2.91. The van der Waals surface area contributed by atoms with Crippen LogP contribution >= 0.6 is 0 Å². The summed E-state index contributed by atoms with van der Waals surface area (Å²) in [5.41, 5.74) is 1.61. The fraction of sp³-hybridized carbons (Fsp3) is 0.643. The van der Waals surface area contributed by atoms with Gasteiger partial charge in [-0.05, 0) is 26.7 Å². The van der Waals surface area contributed by atoms with E-state index in [0.717, 1.165) is 11.3 Å². The SMILES string of the molecule is Cc1noc(C)c1C(C)NC(=O)N1C[C@@H](C)[C@H](C(=O)O)C1. The number of carbonyl (C=O) groups is 2. The molecule has 2 N–H and O–H groups in total. The average molecular weight is 295 g/mol. The van der Waals surface area contributed by atoms with Gasteiger partial charge < -0.3 is 19.8 Å². The number of carboxylic acid groups (broad SMARTS) is 1. The maximum Gasteiger partial charge on any atom is 0.317 e. The topological polar surface area (TPSA) is 95.7 Å². The molecule has 0 radical (unpaired) electrons. The Balaban J connectivity index is 2.01. The zero-order valence-corrected chi connectivity index (χ0v) is 12.7. The number of aliphatic carboxylic acids is 1. The molecular formula is C14H21N3O4. The predicted molar refractivity (Wildman–Crippen MR) is 74.8 cm³/mol. The first-order valence-electron chi connectivity index (χ1n) is 7.02. The molecule has 3 atom stereocenters. The number of hydrogen-bond donors (Lipinski definition) is 2. The van der Waals surface area contributed by atoms with E-state index in [1.54, 1.807) is 11.8 Å². The summed E-state index contributed by atoms with van der Waals surface area (Å²) in [7, 11) is 0. The van der Waals surface area contributed by atoms with E-state index in [-0.39, 0.29) is 24.5 Å². The van der Waals surface area contributed by atoms with Crippen LogP contribution in [0.3, 0.4) is 0 Å². The van der Waals surface area contributed by atoms with Crippen molar-refractivity contribution in [2.75, 3.05) is 13.1 Å². The lowest BCUT2D eigenvalue weighted by atomic mass is 9.99. The van der Waals surface area contributed by atoms with Gasteiger partial charge in [0.05, 0.1) is 17.7 Å². The Kier molecular flexibility index (Phi) is 4.20. The predicted octanol–water partition coefficient (Wildman–Crippen LogP) is 1.71. The van der Waals surface area contributed by atoms with Crippen molar-refractivity contribution in [2.45, 2.75) is 33.7 Å². The van der Waals surface area contributed by atoms with Gasteiger partial charge in [-0.1, -0.05) is 12.1 Å². The van der Waals surface area contributed by atoms with E-state index in [9.17, 15) is 9.59 Å². The highest BCUT2D eigenvalue weighted by atomic mass is 16.5. The number of amides is 2. The van der Waals surface area contributed by atoms with Gasteiger partial charge in [-0.15, -0.1) is 0 Å². The third kappa shape index (κ3) is 3.01. The first-order valence-corrected chi connectivity index (χ1v) is 7.02. The fourth-order valence-electron chi connectivity index (χ4n) is 2.91. The largest absolute Gasteiger partial charge is 0.481 e. The van der Waals surface area contributed by atoms with Crippen molar-refractivity contribution in [1.29, 1.82) is 0 Å². The summed E-state index contributed by atoms with van der Waals surface area (Å²) in [4.78, 5) is 24.9. The molecule has 0 aliphatic carbocycles. The van der Waals surface area contributed by atoms with E-state index in [1.165, 1.54) is 0 Å². The minimum absolute atomic E-state index is 0.0392. The summed E-state index contributed by atoms with van der Waals surface area (Å²) in [6.45, 7) is 8.04. The first-order chi connectivity index (χ1) is 9.81.